The molecule has 0 radical (unpaired) electrons. The lowest BCUT2D eigenvalue weighted by Gasteiger charge is -2.18. The van der Waals surface area contributed by atoms with Crippen molar-refractivity contribution < 1.29 is 4.42 Å². The number of aryl methyl sites for hydroxylation is 3. The van der Waals surface area contributed by atoms with Crippen LogP contribution in [0.25, 0.3) is 10.9 Å². The monoisotopic (exact) mass is 2040 g/mol. The third-order valence-corrected chi connectivity index (χ3v) is 24.9. The predicted octanol–water partition coefficient (Wildman–Crippen LogP) is 36.4. The summed E-state index contributed by atoms with van der Waals surface area (Å²) < 4.78 is 8.51. The number of thiophene rings is 2. The summed E-state index contributed by atoms with van der Waals surface area (Å²) in [4.78, 5) is 46.5. The third-order valence-electron chi connectivity index (χ3n) is 22.9. The molecule has 0 spiro atoms. The molecule has 3 aromatic carbocycles. The van der Waals surface area contributed by atoms with Gasteiger partial charge in [0.25, 0.3) is 0 Å². The quantitative estimate of drug-likeness (QED) is 0.113. The Labute approximate surface area is 905 Å². The maximum absolute atomic E-state index is 4.76. The molecule has 11 aromatic heterocycles. The average Bonchev–Trinajstić information content (AvgIpc) is 1.29. The van der Waals surface area contributed by atoms with E-state index in [1.165, 1.54) is 89.6 Å². The number of pyridine rings is 5. The van der Waals surface area contributed by atoms with Crippen LogP contribution >= 0.6 is 22.7 Å². The van der Waals surface area contributed by atoms with Gasteiger partial charge >= 0.3 is 0 Å². The van der Waals surface area contributed by atoms with Gasteiger partial charge in [-0.1, -0.05) is 364 Å². The molecule has 0 N–H and O–H groups in total. The van der Waals surface area contributed by atoms with E-state index >= 15 is 0 Å². The number of hydrogen-bond acceptors (Lipinski definition) is 16. The normalized spacial score (nSPS) is 12.0. The molecule has 0 fully saturated rings. The minimum absolute atomic E-state index is 0.182. The number of oxazole rings is 1. The standard InChI is InChI=1S/C12H13N.C10H14.C9H13N.C9H12.C8H14N2.C8H13N.3C8H11N.2C8H12S.C7H10N2.C7H12N2.2C7H11N.C6H9NO/c1-9(2)11-7-10-5-3-4-6-12(10)13-8-11;1-10(2,3)9-7-5-4-6-8-9;1-9(2,3)8-6-4-5-7-10-8;1-8(2)9-6-4-3-5-7-9;1-6(2)8-5-7(3)10(4)9-8;1-6(2)8-4-7(3)5-9-8;2*1-7(2)8-3-5-9-6-4-8;1-7(2)8-5-3-4-6-9-8;1-8(2,3)7-4-5-9-6-7;1-8(2,3)7-5-4-6-9-7;1-6(2)7-3-8-5-9-4-7;1-6(2)7-4-5-9(3)8-7;1-6(2)7-3-4-8-5-7;1-6(2)7-4-3-5-8-7;1-5(2)6-3-8-4-7-6/h3-9H,1-2H3;4-8H,1-3H3;4-7H,1-3H3;3-8H,1-2H3;5-6H,1-4H3;4,6H,5H2,1-3H3;3*3-7H,1-2H3;2*4-6H,1-3H3;3-6H,1-2H3;4-6H,1-3H3;3,5-6H,4H2,1-2H3;3-4,6H,5H2,1-2H3;3-5H,1-2H3. The summed E-state index contributed by atoms with van der Waals surface area (Å²) in [5.41, 5.74) is 23.8. The van der Waals surface area contributed by atoms with Crippen molar-refractivity contribution in [3.05, 3.63) is 393 Å². The second-order valence-corrected chi connectivity index (χ2v) is 46.3. The van der Waals surface area contributed by atoms with Crippen LogP contribution in [0, 0.1) is 24.7 Å². The number of nitrogens with zero attached hydrogens (tertiary/aromatic N) is 15. The highest BCUT2D eigenvalue weighted by molar-refractivity contribution is 7.10. The topological polar surface area (TPSA) is 189 Å². The minimum Gasteiger partial charge on any atom is -0.451 e. The number of allylic oxidation sites excluding steroid dienone is 3. The maximum Gasteiger partial charge on any atom is 0.180 e. The molecule has 0 aliphatic carbocycles. The van der Waals surface area contributed by atoms with Crippen molar-refractivity contribution >= 4 is 51.2 Å². The molecule has 0 saturated heterocycles. The summed E-state index contributed by atoms with van der Waals surface area (Å²) in [6.07, 6.45) is 33.8. The van der Waals surface area contributed by atoms with Gasteiger partial charge in [0.1, 0.15) is 12.6 Å². The molecule has 17 rings (SSSR count). The van der Waals surface area contributed by atoms with E-state index in [9.17, 15) is 0 Å². The second-order valence-electron chi connectivity index (χ2n) is 44.5. The molecule has 0 unspecified atom stereocenters. The second kappa shape index (κ2) is 71.6. The van der Waals surface area contributed by atoms with Crippen LogP contribution in [0.15, 0.2) is 334 Å². The molecule has 0 bridgehead atoms. The molecule has 18 heteroatoms. The first-order valence-electron chi connectivity index (χ1n) is 53.0. The Hall–Kier alpha value is -12.0. The molecule has 3 aliphatic heterocycles. The zero-order valence-electron chi connectivity index (χ0n) is 98.4. The van der Waals surface area contributed by atoms with Gasteiger partial charge in [-0.3, -0.25) is 49.3 Å². The number of aliphatic imine (C=N–C) groups is 3. The van der Waals surface area contributed by atoms with E-state index in [1.807, 2.05) is 188 Å². The lowest BCUT2D eigenvalue weighted by molar-refractivity contribution is 0.555. The highest BCUT2D eigenvalue weighted by Crippen LogP contribution is 2.29. The van der Waals surface area contributed by atoms with E-state index in [1.54, 1.807) is 23.9 Å². The van der Waals surface area contributed by atoms with Gasteiger partial charge in [-0.25, -0.2) is 15.0 Å². The largest absolute Gasteiger partial charge is 0.451 e. The molecular formula is C130H189N15OS2. The first-order chi connectivity index (χ1) is 69.6. The van der Waals surface area contributed by atoms with Crippen molar-refractivity contribution in [3.8, 4) is 0 Å². The predicted molar refractivity (Wildman–Crippen MR) is 645 cm³/mol. The Morgan fingerprint density at radius 1 is 0.372 bits per heavy atom. The van der Waals surface area contributed by atoms with E-state index < -0.39 is 0 Å². The van der Waals surface area contributed by atoms with Crippen molar-refractivity contribution in [1.29, 1.82) is 0 Å². The highest BCUT2D eigenvalue weighted by atomic mass is 32.1. The van der Waals surface area contributed by atoms with Gasteiger partial charge in [0.15, 0.2) is 6.39 Å². The van der Waals surface area contributed by atoms with Crippen LogP contribution in [-0.4, -0.2) is 96.7 Å². The smallest absolute Gasteiger partial charge is 0.180 e. The van der Waals surface area contributed by atoms with Crippen LogP contribution in [0.3, 0.4) is 0 Å². The van der Waals surface area contributed by atoms with Gasteiger partial charge in [0, 0.05) is 126 Å². The first-order valence-corrected chi connectivity index (χ1v) is 54.9. The van der Waals surface area contributed by atoms with E-state index in [0.717, 1.165) is 47.9 Å². The lowest BCUT2D eigenvalue weighted by Crippen LogP contribution is -2.12. The van der Waals surface area contributed by atoms with Crippen molar-refractivity contribution in [2.24, 2.45) is 46.8 Å². The van der Waals surface area contributed by atoms with Gasteiger partial charge in [0.05, 0.1) is 42.2 Å². The van der Waals surface area contributed by atoms with Crippen LogP contribution in [-0.2, 0) is 35.8 Å². The van der Waals surface area contributed by atoms with Crippen LogP contribution in [0.5, 0.6) is 0 Å². The van der Waals surface area contributed by atoms with E-state index in [4.69, 9.17) is 4.42 Å². The zero-order chi connectivity index (χ0) is 111. The van der Waals surface area contributed by atoms with Gasteiger partial charge in [-0.2, -0.15) is 21.5 Å². The van der Waals surface area contributed by atoms with Gasteiger partial charge in [-0.15, -0.1) is 11.3 Å². The highest BCUT2D eigenvalue weighted by Gasteiger charge is 2.17. The molecule has 0 saturated carbocycles. The fraction of sp³-hybridized carbons (Fsp3) is 0.454. The summed E-state index contributed by atoms with van der Waals surface area (Å²) in [7, 11) is 3.91. The molecule has 0 amide bonds. The van der Waals surface area contributed by atoms with Gasteiger partial charge < -0.3 is 4.42 Å². The molecule has 0 atom stereocenters. The van der Waals surface area contributed by atoms with E-state index in [-0.39, 0.29) is 5.41 Å². The third kappa shape index (κ3) is 58.7. The molecule has 3 aliphatic rings. The van der Waals surface area contributed by atoms with Crippen molar-refractivity contribution in [2.45, 2.75) is 338 Å². The van der Waals surface area contributed by atoms with Gasteiger partial charge in [0.2, 0.25) is 0 Å². The fourth-order valence-corrected chi connectivity index (χ4v) is 14.4. The number of fused-ring (bicyclic) bond motifs is 1. The van der Waals surface area contributed by atoms with Crippen LogP contribution in [0.1, 0.15) is 387 Å². The van der Waals surface area contributed by atoms with Gasteiger partial charge in [-0.05, 0) is 259 Å². The maximum atomic E-state index is 4.76. The molecule has 16 nitrogen and oxygen atoms in total. The fourth-order valence-electron chi connectivity index (χ4n) is 12.7. The molecular weight excluding hydrogens is 1850 g/mol. The van der Waals surface area contributed by atoms with Crippen LogP contribution < -0.4 is 0 Å². The average molecular weight is 2040 g/mol. The molecule has 148 heavy (non-hydrogen) atoms. The molecule has 14 aromatic rings. The van der Waals surface area contributed by atoms with E-state index in [0.29, 0.717) is 87.3 Å². The Balaban J connectivity index is 0.000000534. The summed E-state index contributed by atoms with van der Waals surface area (Å²) in [5.74, 6) is 6.96. The number of rotatable bonds is 12. The number of para-hydroxylation sites is 1. The van der Waals surface area contributed by atoms with Crippen LogP contribution in [0.4, 0.5) is 0 Å². The van der Waals surface area contributed by atoms with Crippen LogP contribution in [0.2, 0.25) is 0 Å². The Kier molecular flexibility index (Phi) is 63.9. The summed E-state index contributed by atoms with van der Waals surface area (Å²) in [5, 5.41) is 16.2. The lowest BCUT2D eigenvalue weighted by atomic mass is 9.87. The van der Waals surface area contributed by atoms with Crippen molar-refractivity contribution in [3.63, 3.8) is 0 Å². The Bertz CT molecular complexity index is 5460. The summed E-state index contributed by atoms with van der Waals surface area (Å²) >= 11 is 3.60. The molecule has 14 heterocycles. The SMILES string of the molecule is CC(C)(C)c1ccccc1.CC(C)(C)c1ccccn1.CC(C)(C)c1cccs1.CC(C)(C)c1ccsc1.CC(C)C1=CCN=C1.CC(C)C1=NCC=C1.CC(C)c1ccccc1.CC(C)c1ccccn1.CC(C)c1ccn(C)n1.CC(C)c1ccncc1.CC(C)c1ccncc1.CC(C)c1cnc2ccccc2c1.CC(C)c1cncnc1.CC(C)c1cocn1.CC1=CC(C(C)C)=NC1.Cc1cc(C(C)C)nn1C. The Morgan fingerprint density at radius 2 is 0.885 bits per heavy atom. The Morgan fingerprint density at radius 3 is 1.17 bits per heavy atom. The first kappa shape index (κ1) is 132. The zero-order valence-corrected chi connectivity index (χ0v) is 100. The van der Waals surface area contributed by atoms with E-state index in [2.05, 4.69) is 466 Å². The van der Waals surface area contributed by atoms with Crippen molar-refractivity contribution in [2.75, 3.05) is 19.6 Å². The minimum atomic E-state index is 0.182. The summed E-state index contributed by atoms with van der Waals surface area (Å²) in [6.45, 7) is 85.3. The van der Waals surface area contributed by atoms with Crippen molar-refractivity contribution in [1.82, 2.24) is 59.4 Å². The molecule has 802 valence electrons. The number of aromatic nitrogens is 12. The number of benzene rings is 3. The number of hydrogen-bond donors (Lipinski definition) is 0. The summed E-state index contributed by atoms with van der Waals surface area (Å²) in [6, 6.07) is 62.4.